The molecule has 2 aliphatic rings. The number of halogens is 2. The number of hydrogen-bond acceptors (Lipinski definition) is 4. The molecule has 0 atom stereocenters. The van der Waals surface area contributed by atoms with Crippen molar-refractivity contribution in [3.05, 3.63) is 33.8 Å². The topological polar surface area (TPSA) is 69.7 Å². The average molecular weight is 476 g/mol. The van der Waals surface area contributed by atoms with Gasteiger partial charge >= 0.3 is 0 Å². The van der Waals surface area contributed by atoms with Crippen LogP contribution >= 0.6 is 23.2 Å². The number of nitrogens with one attached hydrogen (secondary N) is 1. The summed E-state index contributed by atoms with van der Waals surface area (Å²) in [5, 5.41) is 3.75. The molecule has 0 spiro atoms. The van der Waals surface area contributed by atoms with E-state index >= 15 is 0 Å². The van der Waals surface area contributed by atoms with E-state index in [4.69, 9.17) is 23.2 Å². The van der Waals surface area contributed by atoms with Gasteiger partial charge in [0.2, 0.25) is 15.9 Å². The van der Waals surface area contributed by atoms with E-state index in [1.807, 2.05) is 0 Å². The molecule has 0 aromatic heterocycles. The number of sulfonamides is 1. The Bertz CT molecular complexity index is 799. The SMILES string of the molecule is O=C(NCCN1CCCCCC1)C1CCN(S(=O)(=O)Cc2c(Cl)cccc2Cl)CC1. The second kappa shape index (κ2) is 11.1. The summed E-state index contributed by atoms with van der Waals surface area (Å²) in [5.41, 5.74) is 0.425. The minimum absolute atomic E-state index is 0.0380. The van der Waals surface area contributed by atoms with Crippen LogP contribution in [0.5, 0.6) is 0 Å². The van der Waals surface area contributed by atoms with Gasteiger partial charge in [0.05, 0.1) is 5.75 Å². The van der Waals surface area contributed by atoms with Crippen molar-refractivity contribution in [3.8, 4) is 0 Å². The quantitative estimate of drug-likeness (QED) is 0.654. The van der Waals surface area contributed by atoms with Crippen LogP contribution in [0.25, 0.3) is 0 Å². The third-order valence-electron chi connectivity index (χ3n) is 6.03. The van der Waals surface area contributed by atoms with E-state index < -0.39 is 10.0 Å². The molecule has 9 heteroatoms. The van der Waals surface area contributed by atoms with Gasteiger partial charge in [-0.2, -0.15) is 0 Å². The third kappa shape index (κ3) is 6.57. The maximum Gasteiger partial charge on any atom is 0.223 e. The standard InChI is InChI=1S/C21H31Cl2N3O3S/c22-19-6-5-7-20(23)18(19)16-30(28,29)26-13-8-17(9-14-26)21(27)24-10-15-25-11-3-1-2-4-12-25/h5-7,17H,1-4,8-16H2,(H,24,27). The predicted molar refractivity (Wildman–Crippen MR) is 121 cm³/mol. The van der Waals surface area contributed by atoms with Gasteiger partial charge in [-0.3, -0.25) is 4.79 Å². The zero-order chi connectivity index (χ0) is 21.6. The highest BCUT2D eigenvalue weighted by atomic mass is 35.5. The van der Waals surface area contributed by atoms with Crippen LogP contribution in [0.3, 0.4) is 0 Å². The molecular weight excluding hydrogens is 445 g/mol. The predicted octanol–water partition coefficient (Wildman–Crippen LogP) is 3.53. The van der Waals surface area contributed by atoms with E-state index in [1.54, 1.807) is 18.2 Å². The highest BCUT2D eigenvalue weighted by Crippen LogP contribution is 2.29. The molecule has 2 aliphatic heterocycles. The maximum absolute atomic E-state index is 12.8. The minimum atomic E-state index is -3.54. The van der Waals surface area contributed by atoms with Crippen molar-refractivity contribution >= 4 is 39.1 Å². The zero-order valence-electron chi connectivity index (χ0n) is 17.3. The first-order chi connectivity index (χ1) is 14.4. The molecule has 0 saturated carbocycles. The fourth-order valence-electron chi connectivity index (χ4n) is 4.18. The number of benzene rings is 1. The molecule has 3 rings (SSSR count). The first kappa shape index (κ1) is 23.8. The lowest BCUT2D eigenvalue weighted by Crippen LogP contribution is -2.44. The van der Waals surface area contributed by atoms with E-state index in [0.29, 0.717) is 48.1 Å². The largest absolute Gasteiger partial charge is 0.355 e. The lowest BCUT2D eigenvalue weighted by molar-refractivity contribution is -0.126. The minimum Gasteiger partial charge on any atom is -0.355 e. The van der Waals surface area contributed by atoms with Gasteiger partial charge in [-0.1, -0.05) is 42.1 Å². The fourth-order valence-corrected chi connectivity index (χ4v) is 6.50. The Hall–Kier alpha value is -0.860. The van der Waals surface area contributed by atoms with Crippen molar-refractivity contribution in [1.29, 1.82) is 0 Å². The molecule has 168 valence electrons. The van der Waals surface area contributed by atoms with Crippen molar-refractivity contribution in [2.24, 2.45) is 5.92 Å². The molecule has 1 aromatic rings. The van der Waals surface area contributed by atoms with Crippen molar-refractivity contribution < 1.29 is 13.2 Å². The van der Waals surface area contributed by atoms with Crippen molar-refractivity contribution in [2.75, 3.05) is 39.3 Å². The van der Waals surface area contributed by atoms with Crippen LogP contribution in [0.4, 0.5) is 0 Å². The summed E-state index contributed by atoms with van der Waals surface area (Å²) in [4.78, 5) is 14.9. The Balaban J connectivity index is 1.44. The molecule has 0 radical (unpaired) electrons. The normalized spacial score (nSPS) is 20.1. The van der Waals surface area contributed by atoms with Crippen LogP contribution in [0.2, 0.25) is 10.0 Å². The lowest BCUT2D eigenvalue weighted by atomic mass is 9.97. The Morgan fingerprint density at radius 1 is 1.00 bits per heavy atom. The van der Waals surface area contributed by atoms with Gasteiger partial charge in [0, 0.05) is 47.7 Å². The van der Waals surface area contributed by atoms with Crippen LogP contribution in [0.1, 0.15) is 44.1 Å². The van der Waals surface area contributed by atoms with Gasteiger partial charge in [-0.05, 0) is 50.9 Å². The van der Waals surface area contributed by atoms with Crippen LogP contribution in [-0.4, -0.2) is 62.8 Å². The molecule has 6 nitrogen and oxygen atoms in total. The summed E-state index contributed by atoms with van der Waals surface area (Å²) in [7, 11) is -3.54. The van der Waals surface area contributed by atoms with Crippen molar-refractivity contribution in [3.63, 3.8) is 0 Å². The van der Waals surface area contributed by atoms with E-state index in [0.717, 1.165) is 19.6 Å². The molecule has 2 heterocycles. The molecule has 2 fully saturated rings. The van der Waals surface area contributed by atoms with Gasteiger partial charge in [-0.25, -0.2) is 12.7 Å². The van der Waals surface area contributed by atoms with Crippen LogP contribution < -0.4 is 5.32 Å². The molecule has 1 N–H and O–H groups in total. The first-order valence-corrected chi connectivity index (χ1v) is 13.1. The summed E-state index contributed by atoms with van der Waals surface area (Å²) in [6.07, 6.45) is 6.14. The van der Waals surface area contributed by atoms with Crippen LogP contribution in [-0.2, 0) is 20.6 Å². The fraction of sp³-hybridized carbons (Fsp3) is 0.667. The van der Waals surface area contributed by atoms with Crippen LogP contribution in [0.15, 0.2) is 18.2 Å². The monoisotopic (exact) mass is 475 g/mol. The second-order valence-electron chi connectivity index (χ2n) is 8.18. The van der Waals surface area contributed by atoms with E-state index in [9.17, 15) is 13.2 Å². The van der Waals surface area contributed by atoms with Crippen LogP contribution in [0, 0.1) is 5.92 Å². The average Bonchev–Trinajstić information content (AvgIpc) is 3.00. The maximum atomic E-state index is 12.8. The number of amides is 1. The summed E-state index contributed by atoms with van der Waals surface area (Å²) in [6, 6.07) is 4.97. The molecule has 1 amide bonds. The first-order valence-electron chi connectivity index (χ1n) is 10.8. The van der Waals surface area contributed by atoms with Gasteiger partial charge in [0.25, 0.3) is 0 Å². The van der Waals surface area contributed by atoms with Gasteiger partial charge in [0.1, 0.15) is 0 Å². The number of piperidine rings is 1. The van der Waals surface area contributed by atoms with Gasteiger partial charge in [-0.15, -0.1) is 0 Å². The van der Waals surface area contributed by atoms with Crippen molar-refractivity contribution in [2.45, 2.75) is 44.3 Å². The summed E-state index contributed by atoms with van der Waals surface area (Å²) >= 11 is 12.3. The van der Waals surface area contributed by atoms with E-state index in [1.165, 1.54) is 30.0 Å². The Labute approximate surface area is 189 Å². The molecule has 0 bridgehead atoms. The second-order valence-corrected chi connectivity index (χ2v) is 11.0. The number of hydrogen-bond donors (Lipinski definition) is 1. The highest BCUT2D eigenvalue weighted by Gasteiger charge is 2.31. The number of carbonyl (C=O) groups excluding carboxylic acids is 1. The highest BCUT2D eigenvalue weighted by molar-refractivity contribution is 7.88. The number of rotatable bonds is 7. The molecule has 2 saturated heterocycles. The third-order valence-corrected chi connectivity index (χ3v) is 8.55. The Morgan fingerprint density at radius 3 is 2.20 bits per heavy atom. The molecule has 30 heavy (non-hydrogen) atoms. The van der Waals surface area contributed by atoms with Gasteiger partial charge < -0.3 is 10.2 Å². The summed E-state index contributed by atoms with van der Waals surface area (Å²) in [5.74, 6) is -0.321. The molecule has 1 aromatic carbocycles. The van der Waals surface area contributed by atoms with E-state index in [2.05, 4.69) is 10.2 Å². The number of carbonyl (C=O) groups is 1. The smallest absolute Gasteiger partial charge is 0.223 e. The van der Waals surface area contributed by atoms with E-state index in [-0.39, 0.29) is 17.6 Å². The summed E-state index contributed by atoms with van der Waals surface area (Å²) < 4.78 is 27.1. The lowest BCUT2D eigenvalue weighted by Gasteiger charge is -2.31. The summed E-state index contributed by atoms with van der Waals surface area (Å²) in [6.45, 7) is 4.45. The molecular formula is C21H31Cl2N3O3S. The Kier molecular flexibility index (Phi) is 8.83. The number of nitrogens with zero attached hydrogens (tertiary/aromatic N) is 2. The van der Waals surface area contributed by atoms with Gasteiger partial charge in [0.15, 0.2) is 0 Å². The molecule has 0 unspecified atom stereocenters. The van der Waals surface area contributed by atoms with Crippen molar-refractivity contribution in [1.82, 2.24) is 14.5 Å². The zero-order valence-corrected chi connectivity index (χ0v) is 19.6. The number of likely N-dealkylation sites (tertiary alicyclic amines) is 1. The molecule has 0 aliphatic carbocycles. The Morgan fingerprint density at radius 2 is 1.60 bits per heavy atom.